The van der Waals surface area contributed by atoms with Crippen molar-refractivity contribution >= 4 is 22.6 Å². The topological polar surface area (TPSA) is 87.6 Å². The number of nitrogens with zero attached hydrogens (tertiary/aromatic N) is 3. The molecule has 0 radical (unpaired) electrons. The molecular weight excluding hydrogens is 457 g/mol. The quantitative estimate of drug-likeness (QED) is 0.380. The second kappa shape index (κ2) is 9.09. The number of aryl methyl sites for hydroxylation is 2. The van der Waals surface area contributed by atoms with Gasteiger partial charge < -0.3 is 20.2 Å². The molecule has 0 unspecified atom stereocenters. The van der Waals surface area contributed by atoms with Gasteiger partial charge in [-0.25, -0.2) is 23.1 Å². The summed E-state index contributed by atoms with van der Waals surface area (Å²) in [7, 11) is 1.80. The Labute approximate surface area is 199 Å². The van der Waals surface area contributed by atoms with Gasteiger partial charge in [-0.05, 0) is 50.3 Å². The number of carbonyl (C=O) groups is 1. The molecule has 1 fully saturated rings. The summed E-state index contributed by atoms with van der Waals surface area (Å²) >= 11 is 0. The maximum Gasteiger partial charge on any atom is 0.271 e. The molecule has 1 aliphatic rings. The molecule has 4 aromatic rings. The van der Waals surface area contributed by atoms with Crippen molar-refractivity contribution in [1.82, 2.24) is 24.8 Å². The molecule has 182 valence electrons. The van der Waals surface area contributed by atoms with E-state index < -0.39 is 17.5 Å². The largest absolute Gasteiger partial charge is 0.365 e. The molecule has 0 bridgehead atoms. The summed E-state index contributed by atoms with van der Waals surface area (Å²) in [4.78, 5) is 23.9. The van der Waals surface area contributed by atoms with Crippen LogP contribution in [-0.4, -0.2) is 37.5 Å². The van der Waals surface area contributed by atoms with Crippen molar-refractivity contribution in [2.45, 2.75) is 44.7 Å². The van der Waals surface area contributed by atoms with Crippen molar-refractivity contribution in [3.05, 3.63) is 65.6 Å². The summed E-state index contributed by atoms with van der Waals surface area (Å²) in [5.41, 5.74) is 1.98. The van der Waals surface area contributed by atoms with E-state index in [1.165, 1.54) is 12.1 Å². The van der Waals surface area contributed by atoms with Crippen LogP contribution in [0, 0.1) is 24.4 Å². The summed E-state index contributed by atoms with van der Waals surface area (Å²) in [6, 6.07) is 3.23. The Morgan fingerprint density at radius 1 is 1.14 bits per heavy atom. The fraction of sp³-hybridized carbons (Fsp3) is 0.320. The first-order valence-electron chi connectivity index (χ1n) is 11.5. The van der Waals surface area contributed by atoms with Gasteiger partial charge in [-0.3, -0.25) is 4.79 Å². The Hall–Kier alpha value is -3.82. The standard InChI is InChI=1S/C25H25F3N6O/c1-13-6-20(28)24(33-22(13)18-10-29-23-17(18)7-14(26)8-19(23)27)31-15-4-3-5-16(9-15)32-25(35)21-11-34(2)12-30-21/h6-8,10-12,15-16,29H,3-5,9H2,1-2H3,(H,31,33)(H,32,35)/t15-,16+/m1/s1. The fourth-order valence-electron chi connectivity index (χ4n) is 4.74. The monoisotopic (exact) mass is 482 g/mol. The maximum absolute atomic E-state index is 14.9. The van der Waals surface area contributed by atoms with E-state index in [0.717, 1.165) is 25.3 Å². The highest BCUT2D eigenvalue weighted by Crippen LogP contribution is 2.33. The smallest absolute Gasteiger partial charge is 0.271 e. The number of imidazole rings is 1. The normalized spacial score (nSPS) is 18.1. The summed E-state index contributed by atoms with van der Waals surface area (Å²) in [6.07, 6.45) is 7.85. The zero-order valence-corrected chi connectivity index (χ0v) is 19.3. The van der Waals surface area contributed by atoms with Gasteiger partial charge in [-0.15, -0.1) is 0 Å². The summed E-state index contributed by atoms with van der Waals surface area (Å²) < 4.78 is 44.6. The molecule has 5 rings (SSSR count). The van der Waals surface area contributed by atoms with Crippen molar-refractivity contribution in [2.75, 3.05) is 5.32 Å². The van der Waals surface area contributed by atoms with Crippen LogP contribution in [-0.2, 0) is 7.05 Å². The van der Waals surface area contributed by atoms with Crippen LogP contribution in [0.4, 0.5) is 19.0 Å². The van der Waals surface area contributed by atoms with E-state index in [0.29, 0.717) is 34.3 Å². The van der Waals surface area contributed by atoms with E-state index in [9.17, 15) is 18.0 Å². The van der Waals surface area contributed by atoms with Gasteiger partial charge in [0.25, 0.3) is 5.91 Å². The lowest BCUT2D eigenvalue weighted by Gasteiger charge is -2.30. The van der Waals surface area contributed by atoms with Crippen LogP contribution < -0.4 is 10.6 Å². The highest BCUT2D eigenvalue weighted by atomic mass is 19.1. The molecule has 1 aromatic carbocycles. The van der Waals surface area contributed by atoms with E-state index in [4.69, 9.17) is 0 Å². The zero-order valence-electron chi connectivity index (χ0n) is 19.3. The number of halogens is 3. The second-order valence-corrected chi connectivity index (χ2v) is 9.10. The van der Waals surface area contributed by atoms with Crippen molar-refractivity contribution in [3.8, 4) is 11.3 Å². The molecule has 0 spiro atoms. The molecule has 0 saturated heterocycles. The Kier molecular flexibility index (Phi) is 5.96. The van der Waals surface area contributed by atoms with Crippen molar-refractivity contribution in [2.24, 2.45) is 7.05 Å². The number of aromatic nitrogens is 4. The molecule has 7 nitrogen and oxygen atoms in total. The lowest BCUT2D eigenvalue weighted by Crippen LogP contribution is -2.42. The van der Waals surface area contributed by atoms with Gasteiger partial charge in [0.2, 0.25) is 0 Å². The Bertz CT molecular complexity index is 1410. The number of fused-ring (bicyclic) bond motifs is 1. The average Bonchev–Trinajstić information content (AvgIpc) is 3.42. The number of benzene rings is 1. The van der Waals surface area contributed by atoms with Crippen LogP contribution in [0.5, 0.6) is 0 Å². The molecule has 0 aliphatic heterocycles. The van der Waals surface area contributed by atoms with Gasteiger partial charge in [0, 0.05) is 48.5 Å². The minimum Gasteiger partial charge on any atom is -0.365 e. The summed E-state index contributed by atoms with van der Waals surface area (Å²) in [5, 5.41) is 6.53. The Morgan fingerprint density at radius 2 is 1.94 bits per heavy atom. The minimum atomic E-state index is -0.703. The van der Waals surface area contributed by atoms with Gasteiger partial charge in [-0.1, -0.05) is 0 Å². The number of rotatable bonds is 5. The van der Waals surface area contributed by atoms with Gasteiger partial charge in [0.1, 0.15) is 17.3 Å². The lowest BCUT2D eigenvalue weighted by molar-refractivity contribution is 0.0921. The molecule has 1 aliphatic carbocycles. The number of H-pyrrole nitrogens is 1. The van der Waals surface area contributed by atoms with Crippen LogP contribution in [0.2, 0.25) is 0 Å². The highest BCUT2D eigenvalue weighted by Gasteiger charge is 2.26. The molecule has 2 atom stereocenters. The molecule has 3 heterocycles. The van der Waals surface area contributed by atoms with Gasteiger partial charge in [0.15, 0.2) is 11.6 Å². The molecule has 1 amide bonds. The number of pyridine rings is 1. The van der Waals surface area contributed by atoms with Crippen molar-refractivity contribution < 1.29 is 18.0 Å². The number of anilines is 1. The zero-order chi connectivity index (χ0) is 24.7. The predicted octanol–water partition coefficient (Wildman–Crippen LogP) is 4.84. The van der Waals surface area contributed by atoms with Crippen LogP contribution in [0.15, 0.2) is 36.9 Å². The SMILES string of the molecule is Cc1cc(F)c(N[C@@H]2CCC[C@H](NC(=O)c3cn(C)cn3)C2)nc1-c1c[nH]c2c(F)cc(F)cc12. The van der Waals surface area contributed by atoms with Crippen LogP contribution in [0.3, 0.4) is 0 Å². The molecule has 3 aromatic heterocycles. The molecule has 35 heavy (non-hydrogen) atoms. The van der Waals surface area contributed by atoms with Crippen LogP contribution in [0.25, 0.3) is 22.2 Å². The maximum atomic E-state index is 14.9. The number of aromatic amines is 1. The Balaban J connectivity index is 1.36. The predicted molar refractivity (Wildman–Crippen MR) is 126 cm³/mol. The van der Waals surface area contributed by atoms with E-state index >= 15 is 0 Å². The fourth-order valence-corrected chi connectivity index (χ4v) is 4.74. The van der Waals surface area contributed by atoms with Gasteiger partial charge >= 0.3 is 0 Å². The number of hydrogen-bond acceptors (Lipinski definition) is 4. The van der Waals surface area contributed by atoms with Crippen molar-refractivity contribution in [1.29, 1.82) is 0 Å². The minimum absolute atomic E-state index is 0.0681. The summed E-state index contributed by atoms with van der Waals surface area (Å²) in [6.45, 7) is 1.70. The molecule has 10 heteroatoms. The van der Waals surface area contributed by atoms with E-state index in [-0.39, 0.29) is 29.3 Å². The van der Waals surface area contributed by atoms with E-state index in [1.54, 1.807) is 37.3 Å². The molecular formula is C25H25F3N6O. The molecule has 1 saturated carbocycles. The van der Waals surface area contributed by atoms with Gasteiger partial charge in [0.05, 0.1) is 17.5 Å². The number of amides is 1. The van der Waals surface area contributed by atoms with E-state index in [2.05, 4.69) is 25.6 Å². The van der Waals surface area contributed by atoms with Crippen LogP contribution in [0.1, 0.15) is 41.7 Å². The van der Waals surface area contributed by atoms with Crippen molar-refractivity contribution in [3.63, 3.8) is 0 Å². The first-order chi connectivity index (χ1) is 16.8. The van der Waals surface area contributed by atoms with Gasteiger partial charge in [-0.2, -0.15) is 0 Å². The third kappa shape index (κ3) is 4.60. The first-order valence-corrected chi connectivity index (χ1v) is 11.5. The van der Waals surface area contributed by atoms with E-state index in [1.807, 2.05) is 0 Å². The second-order valence-electron chi connectivity index (χ2n) is 9.10. The molecule has 3 N–H and O–H groups in total. The first kappa shape index (κ1) is 22.9. The number of nitrogens with one attached hydrogen (secondary N) is 3. The average molecular weight is 483 g/mol. The third-order valence-electron chi connectivity index (χ3n) is 6.42. The number of carbonyl (C=O) groups excluding carboxylic acids is 1. The summed E-state index contributed by atoms with van der Waals surface area (Å²) in [5.74, 6) is -2.08. The van der Waals surface area contributed by atoms with Crippen LogP contribution >= 0.6 is 0 Å². The lowest BCUT2D eigenvalue weighted by atomic mass is 9.90. The number of hydrogen-bond donors (Lipinski definition) is 3. The Morgan fingerprint density at radius 3 is 2.71 bits per heavy atom. The third-order valence-corrected chi connectivity index (χ3v) is 6.42. The highest BCUT2D eigenvalue weighted by molar-refractivity contribution is 5.96.